The zero-order valence-electron chi connectivity index (χ0n) is 13.1. The van der Waals surface area contributed by atoms with Crippen molar-refractivity contribution in [3.8, 4) is 0 Å². The van der Waals surface area contributed by atoms with Gasteiger partial charge in [-0.2, -0.15) is 0 Å². The van der Waals surface area contributed by atoms with Crippen LogP contribution in [-0.2, 0) is 11.3 Å². The van der Waals surface area contributed by atoms with Crippen molar-refractivity contribution >= 4 is 5.69 Å². The quantitative estimate of drug-likeness (QED) is 0.897. The van der Waals surface area contributed by atoms with E-state index in [4.69, 9.17) is 4.74 Å². The SMILES string of the molecule is CN1CCN(Cc2ccc(NCC3CCCO3)cc2)CC1. The maximum atomic E-state index is 5.63. The largest absolute Gasteiger partial charge is 0.382 e. The van der Waals surface area contributed by atoms with E-state index in [0.29, 0.717) is 6.10 Å². The molecule has 0 aromatic heterocycles. The third kappa shape index (κ3) is 4.43. The molecule has 2 heterocycles. The monoisotopic (exact) mass is 289 g/mol. The average Bonchev–Trinajstić information content (AvgIpc) is 3.02. The van der Waals surface area contributed by atoms with Crippen LogP contribution >= 0.6 is 0 Å². The number of nitrogens with one attached hydrogen (secondary N) is 1. The number of hydrogen-bond acceptors (Lipinski definition) is 4. The van der Waals surface area contributed by atoms with Gasteiger partial charge in [-0.3, -0.25) is 4.90 Å². The Hall–Kier alpha value is -1.10. The number of piperazine rings is 1. The van der Waals surface area contributed by atoms with Crippen molar-refractivity contribution in [1.82, 2.24) is 9.80 Å². The maximum absolute atomic E-state index is 5.63. The number of anilines is 1. The van der Waals surface area contributed by atoms with Gasteiger partial charge in [0.15, 0.2) is 0 Å². The molecule has 1 N–H and O–H groups in total. The van der Waals surface area contributed by atoms with Gasteiger partial charge in [0, 0.05) is 51.6 Å². The molecular formula is C17H27N3O. The van der Waals surface area contributed by atoms with Crippen LogP contribution in [0.3, 0.4) is 0 Å². The summed E-state index contributed by atoms with van der Waals surface area (Å²) in [7, 11) is 2.20. The second-order valence-electron chi connectivity index (χ2n) is 6.29. The third-order valence-electron chi connectivity index (χ3n) is 4.51. The van der Waals surface area contributed by atoms with E-state index in [2.05, 4.69) is 46.4 Å². The first-order chi connectivity index (χ1) is 10.3. The van der Waals surface area contributed by atoms with Gasteiger partial charge < -0.3 is 15.0 Å². The Labute approximate surface area is 128 Å². The van der Waals surface area contributed by atoms with E-state index in [-0.39, 0.29) is 0 Å². The van der Waals surface area contributed by atoms with Crippen molar-refractivity contribution in [3.63, 3.8) is 0 Å². The normalized spacial score (nSPS) is 24.3. The van der Waals surface area contributed by atoms with Crippen LogP contribution in [0.25, 0.3) is 0 Å². The van der Waals surface area contributed by atoms with Gasteiger partial charge in [0.2, 0.25) is 0 Å². The minimum atomic E-state index is 0.398. The van der Waals surface area contributed by atoms with Crippen molar-refractivity contribution in [1.29, 1.82) is 0 Å². The van der Waals surface area contributed by atoms with Crippen LogP contribution in [0.5, 0.6) is 0 Å². The molecule has 0 spiro atoms. The van der Waals surface area contributed by atoms with Crippen LogP contribution in [0.2, 0.25) is 0 Å². The molecule has 116 valence electrons. The molecule has 0 radical (unpaired) electrons. The van der Waals surface area contributed by atoms with E-state index in [1.165, 1.54) is 50.3 Å². The van der Waals surface area contributed by atoms with Gasteiger partial charge in [0.25, 0.3) is 0 Å². The van der Waals surface area contributed by atoms with Crippen LogP contribution in [0.15, 0.2) is 24.3 Å². The number of ether oxygens (including phenoxy) is 1. The molecule has 0 saturated carbocycles. The van der Waals surface area contributed by atoms with Crippen LogP contribution in [0, 0.1) is 0 Å². The van der Waals surface area contributed by atoms with Crippen molar-refractivity contribution in [2.75, 3.05) is 51.7 Å². The molecule has 0 bridgehead atoms. The molecule has 1 aromatic carbocycles. The van der Waals surface area contributed by atoms with Crippen LogP contribution in [0.1, 0.15) is 18.4 Å². The van der Waals surface area contributed by atoms with E-state index in [9.17, 15) is 0 Å². The first-order valence-corrected chi connectivity index (χ1v) is 8.15. The molecule has 3 rings (SSSR count). The molecule has 4 heteroatoms. The highest BCUT2D eigenvalue weighted by atomic mass is 16.5. The Kier molecular flexibility index (Phi) is 5.12. The minimum absolute atomic E-state index is 0.398. The summed E-state index contributed by atoms with van der Waals surface area (Å²) in [5.74, 6) is 0. The van der Waals surface area contributed by atoms with Crippen molar-refractivity contribution in [2.24, 2.45) is 0 Å². The summed E-state index contributed by atoms with van der Waals surface area (Å²) in [4.78, 5) is 4.93. The number of hydrogen-bond donors (Lipinski definition) is 1. The lowest BCUT2D eigenvalue weighted by Gasteiger charge is -2.32. The lowest BCUT2D eigenvalue weighted by atomic mass is 10.1. The molecule has 1 aromatic rings. The summed E-state index contributed by atoms with van der Waals surface area (Å²) < 4.78 is 5.63. The first kappa shape index (κ1) is 14.8. The molecule has 1 atom stereocenters. The maximum Gasteiger partial charge on any atom is 0.0748 e. The summed E-state index contributed by atoms with van der Waals surface area (Å²) in [5, 5.41) is 3.48. The Morgan fingerprint density at radius 1 is 1.14 bits per heavy atom. The van der Waals surface area contributed by atoms with Gasteiger partial charge in [-0.25, -0.2) is 0 Å². The molecule has 2 fully saturated rings. The highest BCUT2D eigenvalue weighted by molar-refractivity contribution is 5.44. The van der Waals surface area contributed by atoms with Gasteiger partial charge in [-0.05, 0) is 37.6 Å². The highest BCUT2D eigenvalue weighted by Gasteiger charge is 2.15. The van der Waals surface area contributed by atoms with E-state index < -0.39 is 0 Å². The lowest BCUT2D eigenvalue weighted by molar-refractivity contribution is 0.120. The predicted octanol–water partition coefficient (Wildman–Crippen LogP) is 2.02. The topological polar surface area (TPSA) is 27.7 Å². The lowest BCUT2D eigenvalue weighted by Crippen LogP contribution is -2.43. The molecule has 0 aliphatic carbocycles. The molecular weight excluding hydrogens is 262 g/mol. The molecule has 2 aliphatic heterocycles. The van der Waals surface area contributed by atoms with Crippen molar-refractivity contribution < 1.29 is 4.74 Å². The Balaban J connectivity index is 1.45. The predicted molar refractivity (Wildman–Crippen MR) is 86.7 cm³/mol. The molecule has 0 amide bonds. The van der Waals surface area contributed by atoms with Gasteiger partial charge in [0.05, 0.1) is 6.10 Å². The van der Waals surface area contributed by atoms with Crippen molar-refractivity contribution in [2.45, 2.75) is 25.5 Å². The molecule has 1 unspecified atom stereocenters. The fraction of sp³-hybridized carbons (Fsp3) is 0.647. The zero-order valence-corrected chi connectivity index (χ0v) is 13.1. The van der Waals surface area contributed by atoms with E-state index in [0.717, 1.165) is 19.7 Å². The average molecular weight is 289 g/mol. The van der Waals surface area contributed by atoms with E-state index >= 15 is 0 Å². The molecule has 2 saturated heterocycles. The summed E-state index contributed by atoms with van der Waals surface area (Å²) in [6.07, 6.45) is 2.79. The fourth-order valence-corrected chi connectivity index (χ4v) is 3.03. The van der Waals surface area contributed by atoms with Gasteiger partial charge in [-0.1, -0.05) is 12.1 Å². The number of nitrogens with zero attached hydrogens (tertiary/aromatic N) is 2. The number of benzene rings is 1. The molecule has 21 heavy (non-hydrogen) atoms. The van der Waals surface area contributed by atoms with Crippen LogP contribution in [0.4, 0.5) is 5.69 Å². The second-order valence-corrected chi connectivity index (χ2v) is 6.29. The second kappa shape index (κ2) is 7.25. The molecule has 4 nitrogen and oxygen atoms in total. The summed E-state index contributed by atoms with van der Waals surface area (Å²) in [5.41, 5.74) is 2.61. The Morgan fingerprint density at radius 2 is 1.90 bits per heavy atom. The zero-order chi connectivity index (χ0) is 14.5. The summed E-state index contributed by atoms with van der Waals surface area (Å²) >= 11 is 0. The van der Waals surface area contributed by atoms with Crippen molar-refractivity contribution in [3.05, 3.63) is 29.8 Å². The van der Waals surface area contributed by atoms with Crippen LogP contribution in [-0.4, -0.2) is 62.3 Å². The van der Waals surface area contributed by atoms with Gasteiger partial charge in [0.1, 0.15) is 0 Å². The Morgan fingerprint density at radius 3 is 2.57 bits per heavy atom. The number of likely N-dealkylation sites (N-methyl/N-ethyl adjacent to an activating group) is 1. The fourth-order valence-electron chi connectivity index (χ4n) is 3.03. The first-order valence-electron chi connectivity index (χ1n) is 8.15. The summed E-state index contributed by atoms with van der Waals surface area (Å²) in [6.45, 7) is 7.64. The van der Waals surface area contributed by atoms with Crippen LogP contribution < -0.4 is 5.32 Å². The van der Waals surface area contributed by atoms with E-state index in [1.54, 1.807) is 0 Å². The van der Waals surface area contributed by atoms with Gasteiger partial charge >= 0.3 is 0 Å². The van der Waals surface area contributed by atoms with E-state index in [1.807, 2.05) is 0 Å². The smallest absolute Gasteiger partial charge is 0.0748 e. The summed E-state index contributed by atoms with van der Waals surface area (Å²) in [6, 6.07) is 8.88. The highest BCUT2D eigenvalue weighted by Crippen LogP contribution is 2.15. The third-order valence-corrected chi connectivity index (χ3v) is 4.51. The Bertz CT molecular complexity index is 420. The van der Waals surface area contributed by atoms with Gasteiger partial charge in [-0.15, -0.1) is 0 Å². The minimum Gasteiger partial charge on any atom is -0.382 e. The number of rotatable bonds is 5. The standard InChI is InChI=1S/C17H27N3O/c1-19-8-10-20(11-9-19)14-15-4-6-16(7-5-15)18-13-17-3-2-12-21-17/h4-7,17-18H,2-3,8-14H2,1H3. The molecule has 2 aliphatic rings.